The van der Waals surface area contributed by atoms with Gasteiger partial charge in [0.15, 0.2) is 6.61 Å². The molecule has 21 heavy (non-hydrogen) atoms. The van der Waals surface area contributed by atoms with Crippen LogP contribution in [0.25, 0.3) is 0 Å². The molecule has 0 bridgehead atoms. The van der Waals surface area contributed by atoms with Gasteiger partial charge >= 0.3 is 0 Å². The van der Waals surface area contributed by atoms with Crippen LogP contribution >= 0.6 is 34.8 Å². The standard InChI is InChI=1S/C15H12Cl3NO2/c1-9-7-10(16)5-6-12(9)19-14(20)8-21-13-4-2-3-11(17)15(13)18/h2-7H,8H2,1H3,(H,19,20). The zero-order valence-electron chi connectivity index (χ0n) is 11.1. The van der Waals surface area contributed by atoms with Crippen LogP contribution in [0.3, 0.4) is 0 Å². The summed E-state index contributed by atoms with van der Waals surface area (Å²) in [7, 11) is 0. The highest BCUT2D eigenvalue weighted by atomic mass is 35.5. The summed E-state index contributed by atoms with van der Waals surface area (Å²) in [5.74, 6) is 0.0728. The number of rotatable bonds is 4. The number of hydrogen-bond donors (Lipinski definition) is 1. The minimum absolute atomic E-state index is 0.165. The fourth-order valence-electron chi connectivity index (χ4n) is 1.69. The van der Waals surface area contributed by atoms with Gasteiger partial charge in [0, 0.05) is 10.7 Å². The predicted molar refractivity (Wildman–Crippen MR) is 86.8 cm³/mol. The molecule has 0 spiro atoms. The highest BCUT2D eigenvalue weighted by molar-refractivity contribution is 6.42. The molecule has 3 nitrogen and oxygen atoms in total. The summed E-state index contributed by atoms with van der Waals surface area (Å²) in [4.78, 5) is 11.9. The van der Waals surface area contributed by atoms with Gasteiger partial charge in [0.2, 0.25) is 0 Å². The van der Waals surface area contributed by atoms with Crippen LogP contribution in [0.1, 0.15) is 5.56 Å². The lowest BCUT2D eigenvalue weighted by atomic mass is 10.2. The topological polar surface area (TPSA) is 38.3 Å². The van der Waals surface area contributed by atoms with Crippen molar-refractivity contribution >= 4 is 46.4 Å². The molecule has 0 saturated heterocycles. The SMILES string of the molecule is Cc1cc(Cl)ccc1NC(=O)COc1cccc(Cl)c1Cl. The molecule has 6 heteroatoms. The van der Waals surface area contributed by atoms with Gasteiger partial charge in [-0.15, -0.1) is 0 Å². The summed E-state index contributed by atoms with van der Waals surface area (Å²) in [6, 6.07) is 10.2. The normalized spacial score (nSPS) is 10.3. The van der Waals surface area contributed by atoms with E-state index in [9.17, 15) is 4.79 Å². The van der Waals surface area contributed by atoms with E-state index in [0.717, 1.165) is 5.56 Å². The predicted octanol–water partition coefficient (Wildman–Crippen LogP) is 4.97. The first-order valence-electron chi connectivity index (χ1n) is 6.10. The van der Waals surface area contributed by atoms with Crippen molar-refractivity contribution in [1.82, 2.24) is 0 Å². The maximum absolute atomic E-state index is 11.9. The number of amides is 1. The number of anilines is 1. The van der Waals surface area contributed by atoms with Gasteiger partial charge in [-0.2, -0.15) is 0 Å². The molecule has 0 heterocycles. The molecule has 110 valence electrons. The van der Waals surface area contributed by atoms with Crippen molar-refractivity contribution in [1.29, 1.82) is 0 Å². The van der Waals surface area contributed by atoms with Crippen molar-refractivity contribution in [3.8, 4) is 5.75 Å². The fraction of sp³-hybridized carbons (Fsp3) is 0.133. The van der Waals surface area contributed by atoms with Crippen LogP contribution in [-0.2, 0) is 4.79 Å². The van der Waals surface area contributed by atoms with Crippen LogP contribution in [0, 0.1) is 6.92 Å². The molecule has 0 aliphatic rings. The van der Waals surface area contributed by atoms with Gasteiger partial charge in [-0.05, 0) is 42.8 Å². The Balaban J connectivity index is 1.97. The Morgan fingerprint density at radius 2 is 1.95 bits per heavy atom. The Hall–Kier alpha value is -1.42. The van der Waals surface area contributed by atoms with Gasteiger partial charge in [0.1, 0.15) is 10.8 Å². The molecule has 1 amide bonds. The quantitative estimate of drug-likeness (QED) is 0.850. The van der Waals surface area contributed by atoms with Crippen molar-refractivity contribution in [2.45, 2.75) is 6.92 Å². The number of halogens is 3. The number of carbonyl (C=O) groups is 1. The van der Waals surface area contributed by atoms with E-state index in [1.165, 1.54) is 0 Å². The molecule has 0 aromatic heterocycles. The van der Waals surface area contributed by atoms with Crippen LogP contribution in [0.5, 0.6) is 5.75 Å². The fourth-order valence-corrected chi connectivity index (χ4v) is 2.27. The Bertz CT molecular complexity index is 674. The van der Waals surface area contributed by atoms with Gasteiger partial charge in [0.25, 0.3) is 5.91 Å². The van der Waals surface area contributed by atoms with E-state index >= 15 is 0 Å². The number of carbonyl (C=O) groups excluding carboxylic acids is 1. The maximum atomic E-state index is 11.9. The summed E-state index contributed by atoms with van der Waals surface area (Å²) in [6.07, 6.45) is 0. The van der Waals surface area contributed by atoms with E-state index in [1.807, 2.05) is 6.92 Å². The van der Waals surface area contributed by atoms with Crippen LogP contribution in [0.4, 0.5) is 5.69 Å². The first-order valence-corrected chi connectivity index (χ1v) is 7.23. The van der Waals surface area contributed by atoms with Crippen LogP contribution in [0.2, 0.25) is 15.1 Å². The van der Waals surface area contributed by atoms with Crippen LogP contribution in [0.15, 0.2) is 36.4 Å². The molecular weight excluding hydrogens is 333 g/mol. The smallest absolute Gasteiger partial charge is 0.262 e. The summed E-state index contributed by atoms with van der Waals surface area (Å²) in [5, 5.41) is 4.03. The Morgan fingerprint density at radius 1 is 1.19 bits per heavy atom. The summed E-state index contributed by atoms with van der Waals surface area (Å²) >= 11 is 17.7. The van der Waals surface area contributed by atoms with Gasteiger partial charge in [-0.25, -0.2) is 0 Å². The van der Waals surface area contributed by atoms with Crippen molar-refractivity contribution in [2.75, 3.05) is 11.9 Å². The van der Waals surface area contributed by atoms with E-state index in [0.29, 0.717) is 21.5 Å². The maximum Gasteiger partial charge on any atom is 0.262 e. The molecule has 0 saturated carbocycles. The Morgan fingerprint density at radius 3 is 2.67 bits per heavy atom. The number of benzene rings is 2. The molecule has 2 rings (SSSR count). The molecule has 0 atom stereocenters. The molecule has 1 N–H and O–H groups in total. The van der Waals surface area contributed by atoms with Gasteiger partial charge in [-0.3, -0.25) is 4.79 Å². The molecule has 0 fully saturated rings. The van der Waals surface area contributed by atoms with E-state index < -0.39 is 0 Å². The second kappa shape index (κ2) is 7.03. The average molecular weight is 345 g/mol. The first-order chi connectivity index (χ1) is 9.97. The first kappa shape index (κ1) is 16.0. The Labute approximate surface area is 137 Å². The van der Waals surface area contributed by atoms with Gasteiger partial charge in [-0.1, -0.05) is 40.9 Å². The van der Waals surface area contributed by atoms with Gasteiger partial charge < -0.3 is 10.1 Å². The number of ether oxygens (including phenoxy) is 1. The molecule has 0 aliphatic heterocycles. The second-order valence-corrected chi connectivity index (χ2v) is 5.57. The van der Waals surface area contributed by atoms with Crippen LogP contribution < -0.4 is 10.1 Å². The Kier molecular flexibility index (Phi) is 5.34. The van der Waals surface area contributed by atoms with E-state index in [1.54, 1.807) is 36.4 Å². The molecular formula is C15H12Cl3NO2. The van der Waals surface area contributed by atoms with Crippen molar-refractivity contribution in [2.24, 2.45) is 0 Å². The zero-order chi connectivity index (χ0) is 15.4. The molecule has 0 unspecified atom stereocenters. The number of hydrogen-bond acceptors (Lipinski definition) is 2. The van der Waals surface area contributed by atoms with E-state index in [4.69, 9.17) is 39.5 Å². The monoisotopic (exact) mass is 343 g/mol. The number of aryl methyl sites for hydroxylation is 1. The minimum Gasteiger partial charge on any atom is -0.482 e. The highest BCUT2D eigenvalue weighted by Gasteiger charge is 2.09. The minimum atomic E-state index is -0.295. The lowest BCUT2D eigenvalue weighted by Crippen LogP contribution is -2.20. The van der Waals surface area contributed by atoms with Crippen LogP contribution in [-0.4, -0.2) is 12.5 Å². The summed E-state index contributed by atoms with van der Waals surface area (Å²) in [5.41, 5.74) is 1.56. The van der Waals surface area contributed by atoms with E-state index in [-0.39, 0.29) is 17.5 Å². The molecule has 2 aromatic carbocycles. The van der Waals surface area contributed by atoms with Crippen molar-refractivity contribution < 1.29 is 9.53 Å². The molecule has 2 aromatic rings. The zero-order valence-corrected chi connectivity index (χ0v) is 13.4. The van der Waals surface area contributed by atoms with Crippen molar-refractivity contribution in [3.05, 3.63) is 57.0 Å². The average Bonchev–Trinajstić information content (AvgIpc) is 2.43. The van der Waals surface area contributed by atoms with Crippen molar-refractivity contribution in [3.63, 3.8) is 0 Å². The lowest BCUT2D eigenvalue weighted by Gasteiger charge is -2.11. The molecule has 0 aliphatic carbocycles. The third-order valence-electron chi connectivity index (χ3n) is 2.74. The van der Waals surface area contributed by atoms with Gasteiger partial charge in [0.05, 0.1) is 5.02 Å². The number of nitrogens with one attached hydrogen (secondary N) is 1. The summed E-state index contributed by atoms with van der Waals surface area (Å²) in [6.45, 7) is 1.69. The third kappa shape index (κ3) is 4.27. The second-order valence-electron chi connectivity index (χ2n) is 4.35. The summed E-state index contributed by atoms with van der Waals surface area (Å²) < 4.78 is 5.36. The lowest BCUT2D eigenvalue weighted by molar-refractivity contribution is -0.118. The third-order valence-corrected chi connectivity index (χ3v) is 3.77. The molecule has 0 radical (unpaired) electrons. The largest absolute Gasteiger partial charge is 0.482 e. The highest BCUT2D eigenvalue weighted by Crippen LogP contribution is 2.31. The van der Waals surface area contributed by atoms with E-state index in [2.05, 4.69) is 5.32 Å².